The highest BCUT2D eigenvalue weighted by Gasteiger charge is 2.20. The molecule has 0 bridgehead atoms. The Morgan fingerprint density at radius 3 is 2.60 bits per heavy atom. The minimum Gasteiger partial charge on any atom is -0.293 e. The summed E-state index contributed by atoms with van der Waals surface area (Å²) >= 11 is 4.58. The van der Waals surface area contributed by atoms with Gasteiger partial charge in [-0.15, -0.1) is 10.2 Å². The van der Waals surface area contributed by atoms with Gasteiger partial charge in [0.25, 0.3) is 0 Å². The molecule has 3 nitrogen and oxygen atoms in total. The predicted octanol–water partition coefficient (Wildman–Crippen LogP) is 4.24. The Bertz CT molecular complexity index is 625. The van der Waals surface area contributed by atoms with E-state index in [1.165, 1.54) is 23.1 Å². The number of ketones is 1. The lowest BCUT2D eigenvalue weighted by Gasteiger charge is -2.11. The molecule has 2 aromatic rings. The van der Waals surface area contributed by atoms with Gasteiger partial charge in [0, 0.05) is 5.56 Å². The largest absolute Gasteiger partial charge is 0.293 e. The second-order valence-corrected chi connectivity index (χ2v) is 8.10. The molecule has 0 unspecified atom stereocenters. The van der Waals surface area contributed by atoms with Crippen LogP contribution in [0.4, 0.5) is 0 Å². The molecule has 1 aromatic carbocycles. The number of benzene rings is 1. The van der Waals surface area contributed by atoms with Gasteiger partial charge in [-0.2, -0.15) is 0 Å². The zero-order valence-corrected chi connectivity index (χ0v) is 14.3. The summed E-state index contributed by atoms with van der Waals surface area (Å²) in [6.07, 6.45) is 1.97. The van der Waals surface area contributed by atoms with Gasteiger partial charge in [0.05, 0.1) is 5.25 Å². The molecule has 1 aromatic heterocycles. The Kier molecular flexibility index (Phi) is 5.23. The van der Waals surface area contributed by atoms with Crippen LogP contribution in [0.3, 0.4) is 0 Å². The topological polar surface area (TPSA) is 42.9 Å². The van der Waals surface area contributed by atoms with Crippen LogP contribution < -0.4 is 0 Å². The Morgan fingerprint density at radius 1 is 1.25 bits per heavy atom. The van der Waals surface area contributed by atoms with E-state index in [-0.39, 0.29) is 11.0 Å². The molecule has 0 aliphatic heterocycles. The average molecular weight is 324 g/mol. The van der Waals surface area contributed by atoms with Crippen molar-refractivity contribution in [2.24, 2.45) is 0 Å². The van der Waals surface area contributed by atoms with Crippen molar-refractivity contribution in [1.29, 1.82) is 0 Å². The van der Waals surface area contributed by atoms with Crippen molar-refractivity contribution >= 4 is 40.6 Å². The molecule has 0 amide bonds. The number of Topliss-reactive ketones (excluding diaryl/α,β-unsaturated/α-hetero) is 1. The highest BCUT2D eigenvalue weighted by atomic mass is 32.2. The van der Waals surface area contributed by atoms with E-state index in [4.69, 9.17) is 0 Å². The van der Waals surface area contributed by atoms with Crippen LogP contribution >= 0.6 is 34.9 Å². The van der Waals surface area contributed by atoms with Gasteiger partial charge in [-0.05, 0) is 38.7 Å². The summed E-state index contributed by atoms with van der Waals surface area (Å²) in [7, 11) is 0. The number of carbonyl (C=O) groups excluding carboxylic acids is 1. The molecule has 2 rings (SSSR count). The Hall–Kier alpha value is -0.850. The van der Waals surface area contributed by atoms with Crippen LogP contribution in [-0.4, -0.2) is 27.5 Å². The van der Waals surface area contributed by atoms with E-state index in [1.54, 1.807) is 11.8 Å². The summed E-state index contributed by atoms with van der Waals surface area (Å²) < 4.78 is 1.78. The summed E-state index contributed by atoms with van der Waals surface area (Å²) in [5.74, 6) is 0.150. The van der Waals surface area contributed by atoms with Crippen LogP contribution in [0, 0.1) is 13.8 Å². The molecule has 0 saturated carbocycles. The van der Waals surface area contributed by atoms with Crippen LogP contribution in [0.25, 0.3) is 0 Å². The normalized spacial score (nSPS) is 12.4. The number of thioether (sulfide) groups is 2. The van der Waals surface area contributed by atoms with E-state index in [1.807, 2.05) is 45.2 Å². The number of nitrogens with zero attached hydrogens (tertiary/aromatic N) is 2. The van der Waals surface area contributed by atoms with Crippen molar-refractivity contribution in [3.63, 3.8) is 0 Å². The molecule has 0 N–H and O–H groups in total. The molecule has 0 radical (unpaired) electrons. The minimum absolute atomic E-state index is 0.150. The molecule has 0 aliphatic carbocycles. The first-order chi connectivity index (χ1) is 9.51. The lowest BCUT2D eigenvalue weighted by atomic mass is 10.0. The molecule has 1 heterocycles. The molecule has 0 spiro atoms. The lowest BCUT2D eigenvalue weighted by Crippen LogP contribution is -2.15. The SMILES string of the molecule is CSc1nnc(S[C@@H](C)C(=O)c2cc(C)ccc2C)s1. The maximum Gasteiger partial charge on any atom is 0.176 e. The van der Waals surface area contributed by atoms with Crippen molar-refractivity contribution in [2.75, 3.05) is 6.26 Å². The molecular formula is C14H16N2OS3. The zero-order chi connectivity index (χ0) is 14.7. The molecule has 106 valence electrons. The highest BCUT2D eigenvalue weighted by Crippen LogP contribution is 2.31. The predicted molar refractivity (Wildman–Crippen MR) is 87.3 cm³/mol. The lowest BCUT2D eigenvalue weighted by molar-refractivity contribution is 0.0993. The monoisotopic (exact) mass is 324 g/mol. The standard InChI is InChI=1S/C14H16N2OS3/c1-8-5-6-9(2)11(7-8)12(17)10(3)19-14-16-15-13(18-4)20-14/h5-7,10H,1-4H3/t10-/m0/s1. The van der Waals surface area contributed by atoms with Crippen LogP contribution in [0.5, 0.6) is 0 Å². The van der Waals surface area contributed by atoms with E-state index in [0.29, 0.717) is 0 Å². The van der Waals surface area contributed by atoms with Gasteiger partial charge in [0.15, 0.2) is 14.5 Å². The molecule has 1 atom stereocenters. The number of aryl methyl sites for hydroxylation is 2. The van der Waals surface area contributed by atoms with Gasteiger partial charge in [0.1, 0.15) is 0 Å². The second-order valence-electron chi connectivity index (χ2n) is 4.48. The van der Waals surface area contributed by atoms with Gasteiger partial charge in [-0.3, -0.25) is 4.79 Å². The maximum atomic E-state index is 12.5. The van der Waals surface area contributed by atoms with E-state index < -0.39 is 0 Å². The fourth-order valence-electron chi connectivity index (χ4n) is 1.75. The molecule has 6 heteroatoms. The van der Waals surface area contributed by atoms with Crippen LogP contribution in [0.2, 0.25) is 0 Å². The average Bonchev–Trinajstić information content (AvgIpc) is 2.88. The Morgan fingerprint density at radius 2 is 1.95 bits per heavy atom. The van der Waals surface area contributed by atoms with Crippen molar-refractivity contribution in [2.45, 2.75) is 34.7 Å². The highest BCUT2D eigenvalue weighted by molar-refractivity contribution is 8.03. The zero-order valence-electron chi connectivity index (χ0n) is 11.8. The fraction of sp³-hybridized carbons (Fsp3) is 0.357. The van der Waals surface area contributed by atoms with Gasteiger partial charge < -0.3 is 0 Å². The van der Waals surface area contributed by atoms with Crippen molar-refractivity contribution in [1.82, 2.24) is 10.2 Å². The molecule has 20 heavy (non-hydrogen) atoms. The third-order valence-electron chi connectivity index (χ3n) is 2.87. The van der Waals surface area contributed by atoms with Gasteiger partial charge in [-0.1, -0.05) is 52.6 Å². The minimum atomic E-state index is -0.154. The molecule has 0 fully saturated rings. The first-order valence-electron chi connectivity index (χ1n) is 6.17. The summed E-state index contributed by atoms with van der Waals surface area (Å²) in [4.78, 5) is 12.5. The number of carbonyl (C=O) groups is 1. The van der Waals surface area contributed by atoms with E-state index in [0.717, 1.165) is 25.4 Å². The van der Waals surface area contributed by atoms with Crippen molar-refractivity contribution in [3.8, 4) is 0 Å². The Balaban J connectivity index is 2.14. The fourth-order valence-corrected chi connectivity index (χ4v) is 4.40. The van der Waals surface area contributed by atoms with Gasteiger partial charge >= 0.3 is 0 Å². The van der Waals surface area contributed by atoms with Gasteiger partial charge in [0.2, 0.25) is 0 Å². The first kappa shape index (κ1) is 15.5. The quantitative estimate of drug-likeness (QED) is 0.608. The molecular weight excluding hydrogens is 308 g/mol. The second kappa shape index (κ2) is 6.74. The van der Waals surface area contributed by atoms with Crippen LogP contribution in [-0.2, 0) is 0 Å². The summed E-state index contributed by atoms with van der Waals surface area (Å²) in [6.45, 7) is 5.90. The maximum absolute atomic E-state index is 12.5. The number of aromatic nitrogens is 2. The van der Waals surface area contributed by atoms with Crippen LogP contribution in [0.15, 0.2) is 26.9 Å². The summed E-state index contributed by atoms with van der Waals surface area (Å²) in [5.41, 5.74) is 2.94. The summed E-state index contributed by atoms with van der Waals surface area (Å²) in [6, 6.07) is 5.98. The van der Waals surface area contributed by atoms with Crippen molar-refractivity contribution in [3.05, 3.63) is 34.9 Å². The summed E-state index contributed by atoms with van der Waals surface area (Å²) in [5, 5.41) is 8.00. The smallest absolute Gasteiger partial charge is 0.176 e. The van der Waals surface area contributed by atoms with Crippen molar-refractivity contribution < 1.29 is 4.79 Å². The number of rotatable bonds is 5. The van der Waals surface area contributed by atoms with E-state index in [2.05, 4.69) is 10.2 Å². The van der Waals surface area contributed by atoms with Gasteiger partial charge in [-0.25, -0.2) is 0 Å². The molecule has 0 saturated heterocycles. The molecule has 0 aliphatic rings. The van der Waals surface area contributed by atoms with E-state index >= 15 is 0 Å². The Labute approximate surface area is 131 Å². The van der Waals surface area contributed by atoms with Crippen LogP contribution in [0.1, 0.15) is 28.4 Å². The number of hydrogen-bond acceptors (Lipinski definition) is 6. The van der Waals surface area contributed by atoms with E-state index in [9.17, 15) is 4.79 Å². The first-order valence-corrected chi connectivity index (χ1v) is 9.09. The third kappa shape index (κ3) is 3.62. The number of hydrogen-bond donors (Lipinski definition) is 0. The third-order valence-corrected chi connectivity index (χ3v) is 5.95.